The predicted molar refractivity (Wildman–Crippen MR) is 115 cm³/mol. The van der Waals surface area contributed by atoms with Crippen LogP contribution in [0.4, 0.5) is 0 Å². The van der Waals surface area contributed by atoms with Gasteiger partial charge in [-0.2, -0.15) is 0 Å². The highest BCUT2D eigenvalue weighted by Crippen LogP contribution is 2.21. The van der Waals surface area contributed by atoms with Crippen LogP contribution in [-0.4, -0.2) is 55.0 Å². The van der Waals surface area contributed by atoms with Gasteiger partial charge in [0.25, 0.3) is 0 Å². The molecule has 1 aromatic rings. The molecule has 1 unspecified atom stereocenters. The monoisotopic (exact) mass is 462 g/mol. The van der Waals surface area contributed by atoms with Crippen LogP contribution in [0.1, 0.15) is 37.5 Å². The Morgan fingerprint density at radius 1 is 1.29 bits per heavy atom. The molecular formula is C18H31IN4S. The number of halogens is 1. The zero-order valence-electron chi connectivity index (χ0n) is 14.7. The van der Waals surface area contributed by atoms with Crippen LogP contribution >= 0.6 is 35.3 Å². The van der Waals surface area contributed by atoms with Crippen molar-refractivity contribution in [1.82, 2.24) is 15.1 Å². The second-order valence-electron chi connectivity index (χ2n) is 6.71. The summed E-state index contributed by atoms with van der Waals surface area (Å²) in [5, 5.41) is 5.66. The lowest BCUT2D eigenvalue weighted by molar-refractivity contribution is 0.172. The minimum Gasteiger partial charge on any atom is -0.357 e. The van der Waals surface area contributed by atoms with Crippen LogP contribution in [0.15, 0.2) is 22.5 Å². The van der Waals surface area contributed by atoms with Crippen molar-refractivity contribution >= 4 is 41.3 Å². The number of likely N-dealkylation sites (tertiary alicyclic amines) is 2. The number of thiophene rings is 1. The first-order chi connectivity index (χ1) is 11.3. The Labute approximate surface area is 167 Å². The third kappa shape index (κ3) is 5.88. The van der Waals surface area contributed by atoms with Crippen molar-refractivity contribution in [2.24, 2.45) is 10.9 Å². The quantitative estimate of drug-likeness (QED) is 0.412. The van der Waals surface area contributed by atoms with E-state index in [2.05, 4.69) is 39.6 Å². The molecule has 136 valence electrons. The molecule has 0 amide bonds. The fourth-order valence-corrected chi connectivity index (χ4v) is 4.38. The summed E-state index contributed by atoms with van der Waals surface area (Å²) in [5.41, 5.74) is 0. The summed E-state index contributed by atoms with van der Waals surface area (Å²) in [5.74, 6) is 1.85. The summed E-state index contributed by atoms with van der Waals surface area (Å²) in [6, 6.07) is 4.41. The lowest BCUT2D eigenvalue weighted by Gasteiger charge is -2.32. The zero-order valence-corrected chi connectivity index (χ0v) is 17.9. The number of nitrogens with one attached hydrogen (secondary N) is 1. The molecule has 24 heavy (non-hydrogen) atoms. The maximum atomic E-state index is 4.96. The van der Waals surface area contributed by atoms with E-state index in [1.807, 2.05) is 11.3 Å². The van der Waals surface area contributed by atoms with E-state index in [4.69, 9.17) is 4.99 Å². The summed E-state index contributed by atoms with van der Waals surface area (Å²) in [7, 11) is 0. The molecule has 0 saturated carbocycles. The van der Waals surface area contributed by atoms with E-state index in [-0.39, 0.29) is 24.0 Å². The normalized spacial score (nSPS) is 22.5. The maximum absolute atomic E-state index is 4.96. The Kier molecular flexibility index (Phi) is 8.83. The molecule has 2 fully saturated rings. The molecular weight excluding hydrogens is 431 g/mol. The Balaban J connectivity index is 0.00000208. The average molecular weight is 462 g/mol. The van der Waals surface area contributed by atoms with Crippen molar-refractivity contribution < 1.29 is 0 Å². The number of aliphatic imine (C=N–C) groups is 1. The van der Waals surface area contributed by atoms with Crippen molar-refractivity contribution in [1.29, 1.82) is 0 Å². The van der Waals surface area contributed by atoms with Crippen molar-refractivity contribution in [3.05, 3.63) is 22.4 Å². The first kappa shape index (κ1) is 20.0. The number of hydrogen-bond acceptors (Lipinski definition) is 3. The van der Waals surface area contributed by atoms with Gasteiger partial charge in [0.1, 0.15) is 0 Å². The van der Waals surface area contributed by atoms with Crippen LogP contribution in [0.5, 0.6) is 0 Å². The Bertz CT molecular complexity index is 485. The van der Waals surface area contributed by atoms with E-state index in [0.29, 0.717) is 5.92 Å². The van der Waals surface area contributed by atoms with Crippen LogP contribution in [0.3, 0.4) is 0 Å². The molecule has 0 spiro atoms. The summed E-state index contributed by atoms with van der Waals surface area (Å²) in [6.07, 6.45) is 5.25. The Hall–Kier alpha value is -0.340. The summed E-state index contributed by atoms with van der Waals surface area (Å²) < 4.78 is 0. The van der Waals surface area contributed by atoms with Crippen molar-refractivity contribution in [2.45, 2.75) is 39.2 Å². The van der Waals surface area contributed by atoms with Gasteiger partial charge in [0.2, 0.25) is 0 Å². The van der Waals surface area contributed by atoms with Gasteiger partial charge in [-0.1, -0.05) is 6.07 Å². The SMILES string of the molecule is CCNC(=NCC1CCCN(Cc2cccs2)C1)N1CCCC1.I. The molecule has 0 radical (unpaired) electrons. The molecule has 6 heteroatoms. The number of rotatable bonds is 5. The van der Waals surface area contributed by atoms with Gasteiger partial charge in [-0.05, 0) is 56.5 Å². The molecule has 2 aliphatic rings. The Morgan fingerprint density at radius 2 is 2.12 bits per heavy atom. The fourth-order valence-electron chi connectivity index (χ4n) is 3.64. The van der Waals surface area contributed by atoms with Crippen LogP contribution < -0.4 is 5.32 Å². The van der Waals surface area contributed by atoms with Gasteiger partial charge in [0, 0.05) is 44.1 Å². The van der Waals surface area contributed by atoms with Gasteiger partial charge < -0.3 is 10.2 Å². The van der Waals surface area contributed by atoms with Crippen molar-refractivity contribution in [3.8, 4) is 0 Å². The maximum Gasteiger partial charge on any atom is 0.193 e. The van der Waals surface area contributed by atoms with E-state index in [1.54, 1.807) is 0 Å². The number of guanidine groups is 1. The lowest BCUT2D eigenvalue weighted by Crippen LogP contribution is -2.41. The van der Waals surface area contributed by atoms with Gasteiger partial charge in [-0.3, -0.25) is 9.89 Å². The van der Waals surface area contributed by atoms with Gasteiger partial charge in [0.15, 0.2) is 5.96 Å². The largest absolute Gasteiger partial charge is 0.357 e. The smallest absolute Gasteiger partial charge is 0.193 e. The van der Waals surface area contributed by atoms with Crippen LogP contribution in [0, 0.1) is 5.92 Å². The first-order valence-corrected chi connectivity index (χ1v) is 10.0. The van der Waals surface area contributed by atoms with Gasteiger partial charge in [0.05, 0.1) is 0 Å². The Morgan fingerprint density at radius 3 is 2.83 bits per heavy atom. The van der Waals surface area contributed by atoms with E-state index in [0.717, 1.165) is 25.6 Å². The number of piperidine rings is 1. The molecule has 0 bridgehead atoms. The van der Waals surface area contributed by atoms with Crippen molar-refractivity contribution in [3.63, 3.8) is 0 Å². The molecule has 2 saturated heterocycles. The van der Waals surface area contributed by atoms with E-state index in [1.165, 1.54) is 56.7 Å². The van der Waals surface area contributed by atoms with Crippen LogP contribution in [-0.2, 0) is 6.54 Å². The molecule has 4 nitrogen and oxygen atoms in total. The summed E-state index contributed by atoms with van der Waals surface area (Å²) >= 11 is 1.87. The second kappa shape index (κ2) is 10.6. The van der Waals surface area contributed by atoms with Crippen LogP contribution in [0.2, 0.25) is 0 Å². The third-order valence-corrected chi connectivity index (χ3v) is 5.66. The fraction of sp³-hybridized carbons (Fsp3) is 0.722. The van der Waals surface area contributed by atoms with Crippen LogP contribution in [0.25, 0.3) is 0 Å². The molecule has 1 aromatic heterocycles. The lowest BCUT2D eigenvalue weighted by atomic mass is 9.98. The summed E-state index contributed by atoms with van der Waals surface area (Å²) in [4.78, 5) is 11.5. The van der Waals surface area contributed by atoms with E-state index >= 15 is 0 Å². The molecule has 0 aliphatic carbocycles. The second-order valence-corrected chi connectivity index (χ2v) is 7.74. The van der Waals surface area contributed by atoms with Gasteiger partial charge in [-0.25, -0.2) is 0 Å². The first-order valence-electron chi connectivity index (χ1n) is 9.13. The molecule has 3 heterocycles. The predicted octanol–water partition coefficient (Wildman–Crippen LogP) is 3.64. The topological polar surface area (TPSA) is 30.9 Å². The van der Waals surface area contributed by atoms with E-state index in [9.17, 15) is 0 Å². The zero-order chi connectivity index (χ0) is 15.9. The van der Waals surface area contributed by atoms with E-state index < -0.39 is 0 Å². The third-order valence-electron chi connectivity index (χ3n) is 4.80. The highest BCUT2D eigenvalue weighted by atomic mass is 127. The molecule has 3 rings (SSSR count). The summed E-state index contributed by atoms with van der Waals surface area (Å²) in [6.45, 7) is 9.98. The number of nitrogens with zero attached hydrogens (tertiary/aromatic N) is 3. The molecule has 2 aliphatic heterocycles. The number of hydrogen-bond donors (Lipinski definition) is 1. The average Bonchev–Trinajstić information content (AvgIpc) is 3.25. The minimum absolute atomic E-state index is 0. The minimum atomic E-state index is 0. The standard InChI is InChI=1S/C18H30N4S.HI/c1-2-19-18(22-10-3-4-11-22)20-13-16-7-5-9-21(14-16)15-17-8-6-12-23-17;/h6,8,12,16H,2-5,7,9-11,13-15H2,1H3,(H,19,20);1H. The molecule has 1 N–H and O–H groups in total. The highest BCUT2D eigenvalue weighted by molar-refractivity contribution is 14.0. The van der Waals surface area contributed by atoms with Crippen molar-refractivity contribution in [2.75, 3.05) is 39.3 Å². The molecule has 0 aromatic carbocycles. The highest BCUT2D eigenvalue weighted by Gasteiger charge is 2.21. The van der Waals surface area contributed by atoms with Gasteiger partial charge >= 0.3 is 0 Å². The molecule has 1 atom stereocenters. The van der Waals surface area contributed by atoms with Gasteiger partial charge in [-0.15, -0.1) is 35.3 Å².